The summed E-state index contributed by atoms with van der Waals surface area (Å²) in [7, 11) is 1.32. The molecule has 2 aromatic rings. The smallest absolute Gasteiger partial charge is 0.356 e. The van der Waals surface area contributed by atoms with Gasteiger partial charge in [-0.3, -0.25) is 0 Å². The van der Waals surface area contributed by atoms with Crippen LogP contribution in [-0.4, -0.2) is 18.1 Å². The van der Waals surface area contributed by atoms with Crippen LogP contribution in [0.2, 0.25) is 0 Å². The van der Waals surface area contributed by atoms with Gasteiger partial charge in [-0.15, -0.1) is 0 Å². The average Bonchev–Trinajstić information content (AvgIpc) is 2.49. The Morgan fingerprint density at radius 3 is 2.85 bits per heavy atom. The third-order valence-electron chi connectivity index (χ3n) is 2.92. The van der Waals surface area contributed by atoms with Crippen molar-refractivity contribution in [3.05, 3.63) is 47.7 Å². The zero-order chi connectivity index (χ0) is 14.5. The highest BCUT2D eigenvalue weighted by Gasteiger charge is 2.10. The number of anilines is 3. The molecule has 104 valence electrons. The Morgan fingerprint density at radius 1 is 1.35 bits per heavy atom. The fourth-order valence-corrected chi connectivity index (χ4v) is 1.79. The van der Waals surface area contributed by atoms with Crippen LogP contribution in [0.5, 0.6) is 0 Å². The molecular formula is C15H17N3O2. The largest absolute Gasteiger partial charge is 0.464 e. The molecule has 0 aliphatic rings. The minimum Gasteiger partial charge on any atom is -0.464 e. The molecule has 0 saturated carbocycles. The van der Waals surface area contributed by atoms with Gasteiger partial charge in [0.1, 0.15) is 0 Å². The van der Waals surface area contributed by atoms with Gasteiger partial charge in [0.2, 0.25) is 0 Å². The molecule has 0 aliphatic heterocycles. The lowest BCUT2D eigenvalue weighted by Crippen LogP contribution is -2.08. The number of hydrogen-bond donors (Lipinski definition) is 2. The van der Waals surface area contributed by atoms with Crippen molar-refractivity contribution in [2.24, 2.45) is 0 Å². The Hall–Kier alpha value is -2.56. The number of benzene rings is 1. The Kier molecular flexibility index (Phi) is 4.20. The molecule has 0 radical (unpaired) electrons. The lowest BCUT2D eigenvalue weighted by molar-refractivity contribution is 0.0594. The van der Waals surface area contributed by atoms with E-state index in [-0.39, 0.29) is 5.69 Å². The maximum absolute atomic E-state index is 11.5. The molecule has 0 fully saturated rings. The first-order chi connectivity index (χ1) is 9.63. The Morgan fingerprint density at radius 2 is 2.15 bits per heavy atom. The van der Waals surface area contributed by atoms with Crippen LogP contribution in [0.3, 0.4) is 0 Å². The van der Waals surface area contributed by atoms with Crippen LogP contribution >= 0.6 is 0 Å². The van der Waals surface area contributed by atoms with Crippen LogP contribution in [0.1, 0.15) is 23.0 Å². The topological polar surface area (TPSA) is 77.2 Å². The lowest BCUT2D eigenvalue weighted by atomic mass is 10.1. The zero-order valence-corrected chi connectivity index (χ0v) is 11.5. The number of aryl methyl sites for hydroxylation is 1. The van der Waals surface area contributed by atoms with Crippen LogP contribution < -0.4 is 11.1 Å². The molecule has 20 heavy (non-hydrogen) atoms. The summed E-state index contributed by atoms with van der Waals surface area (Å²) in [6.45, 7) is 2.09. The van der Waals surface area contributed by atoms with Gasteiger partial charge in [-0.1, -0.05) is 19.1 Å². The summed E-state index contributed by atoms with van der Waals surface area (Å²) < 4.78 is 4.65. The molecule has 5 heteroatoms. The normalized spacial score (nSPS) is 10.1. The molecule has 3 N–H and O–H groups in total. The molecule has 0 atom stereocenters. The molecule has 5 nitrogen and oxygen atoms in total. The summed E-state index contributed by atoms with van der Waals surface area (Å²) in [5, 5.41) is 3.12. The fourth-order valence-electron chi connectivity index (χ4n) is 1.79. The van der Waals surface area contributed by atoms with E-state index in [2.05, 4.69) is 22.0 Å². The molecule has 1 heterocycles. The number of rotatable bonds is 4. The van der Waals surface area contributed by atoms with Crippen molar-refractivity contribution in [2.75, 3.05) is 18.2 Å². The van der Waals surface area contributed by atoms with Gasteiger partial charge in [0.05, 0.1) is 12.8 Å². The number of carbonyl (C=O) groups is 1. The highest BCUT2D eigenvalue weighted by molar-refractivity contribution is 5.88. The van der Waals surface area contributed by atoms with E-state index in [0.29, 0.717) is 11.5 Å². The van der Waals surface area contributed by atoms with Crippen LogP contribution in [0.4, 0.5) is 17.2 Å². The van der Waals surface area contributed by atoms with Gasteiger partial charge in [-0.05, 0) is 36.2 Å². The molecule has 2 rings (SSSR count). The van der Waals surface area contributed by atoms with Crippen LogP contribution in [-0.2, 0) is 11.2 Å². The number of nitrogens with one attached hydrogen (secondary N) is 1. The summed E-state index contributed by atoms with van der Waals surface area (Å²) in [5.41, 5.74) is 8.65. The number of carbonyl (C=O) groups excluding carboxylic acids is 1. The number of nitrogens with zero attached hydrogens (tertiary/aromatic N) is 1. The van der Waals surface area contributed by atoms with Crippen molar-refractivity contribution < 1.29 is 9.53 Å². The van der Waals surface area contributed by atoms with E-state index < -0.39 is 5.97 Å². The van der Waals surface area contributed by atoms with Crippen LogP contribution in [0, 0.1) is 0 Å². The number of nitrogens with two attached hydrogens (primary N) is 1. The van der Waals surface area contributed by atoms with E-state index in [1.165, 1.54) is 18.7 Å². The van der Waals surface area contributed by atoms with Crippen molar-refractivity contribution in [3.63, 3.8) is 0 Å². The minimum absolute atomic E-state index is 0.218. The molecular weight excluding hydrogens is 254 g/mol. The van der Waals surface area contributed by atoms with Crippen molar-refractivity contribution >= 4 is 23.2 Å². The van der Waals surface area contributed by atoms with Crippen LogP contribution in [0.25, 0.3) is 0 Å². The summed E-state index contributed by atoms with van der Waals surface area (Å²) in [6, 6.07) is 11.1. The van der Waals surface area contributed by atoms with Crippen LogP contribution in [0.15, 0.2) is 36.4 Å². The molecule has 0 saturated heterocycles. The van der Waals surface area contributed by atoms with Gasteiger partial charge >= 0.3 is 5.97 Å². The lowest BCUT2D eigenvalue weighted by Gasteiger charge is -2.10. The quantitative estimate of drug-likeness (QED) is 0.836. The van der Waals surface area contributed by atoms with Gasteiger partial charge in [0.15, 0.2) is 11.5 Å². The number of aromatic nitrogens is 1. The minimum atomic E-state index is -0.490. The molecule has 0 bridgehead atoms. The maximum atomic E-state index is 11.5. The van der Waals surface area contributed by atoms with Gasteiger partial charge in [0, 0.05) is 5.69 Å². The first-order valence-electron chi connectivity index (χ1n) is 6.35. The van der Waals surface area contributed by atoms with Gasteiger partial charge in [-0.25, -0.2) is 9.78 Å². The van der Waals surface area contributed by atoms with E-state index in [1.54, 1.807) is 6.07 Å². The third kappa shape index (κ3) is 3.06. The zero-order valence-electron chi connectivity index (χ0n) is 11.5. The summed E-state index contributed by atoms with van der Waals surface area (Å²) >= 11 is 0. The van der Waals surface area contributed by atoms with E-state index >= 15 is 0 Å². The van der Waals surface area contributed by atoms with Crippen molar-refractivity contribution in [3.8, 4) is 0 Å². The van der Waals surface area contributed by atoms with E-state index in [0.717, 1.165) is 12.1 Å². The summed E-state index contributed by atoms with van der Waals surface area (Å²) in [4.78, 5) is 15.7. The number of esters is 1. The van der Waals surface area contributed by atoms with E-state index in [9.17, 15) is 4.79 Å². The van der Waals surface area contributed by atoms with Crippen molar-refractivity contribution in [1.29, 1.82) is 0 Å². The number of nitrogen functional groups attached to an aromatic ring is 1. The highest BCUT2D eigenvalue weighted by atomic mass is 16.5. The Balaban J connectivity index is 2.30. The molecule has 1 aromatic heterocycles. The number of methoxy groups -OCH3 is 1. The maximum Gasteiger partial charge on any atom is 0.356 e. The molecule has 0 unspecified atom stereocenters. The number of ether oxygens (including phenoxy) is 1. The SMILES string of the molecule is CCc1cccc(Nc2nc(C(=O)OC)ccc2N)c1. The molecule has 0 aliphatic carbocycles. The fraction of sp³-hybridized carbons (Fsp3) is 0.200. The standard InChI is InChI=1S/C15H17N3O2/c1-3-10-5-4-6-11(9-10)17-14-12(16)7-8-13(18-14)15(19)20-2/h4-9H,3,16H2,1-2H3,(H,17,18). The Labute approximate surface area is 117 Å². The van der Waals surface area contributed by atoms with E-state index in [4.69, 9.17) is 5.73 Å². The first-order valence-corrected chi connectivity index (χ1v) is 6.35. The molecule has 0 amide bonds. The number of hydrogen-bond acceptors (Lipinski definition) is 5. The van der Waals surface area contributed by atoms with Gasteiger partial charge in [-0.2, -0.15) is 0 Å². The second-order valence-electron chi connectivity index (χ2n) is 4.30. The van der Waals surface area contributed by atoms with Crippen molar-refractivity contribution in [1.82, 2.24) is 4.98 Å². The van der Waals surface area contributed by atoms with Gasteiger partial charge in [0.25, 0.3) is 0 Å². The number of pyridine rings is 1. The summed E-state index contributed by atoms with van der Waals surface area (Å²) in [5.74, 6) is -0.0449. The van der Waals surface area contributed by atoms with Crippen molar-refractivity contribution in [2.45, 2.75) is 13.3 Å². The average molecular weight is 271 g/mol. The molecule has 1 aromatic carbocycles. The summed E-state index contributed by atoms with van der Waals surface area (Å²) in [6.07, 6.45) is 0.945. The first kappa shape index (κ1) is 13.9. The third-order valence-corrected chi connectivity index (χ3v) is 2.92. The second-order valence-corrected chi connectivity index (χ2v) is 4.30. The predicted octanol–water partition coefficient (Wildman–Crippen LogP) is 2.76. The predicted molar refractivity (Wildman–Crippen MR) is 79.1 cm³/mol. The van der Waals surface area contributed by atoms with Gasteiger partial charge < -0.3 is 15.8 Å². The Bertz CT molecular complexity index is 626. The molecule has 0 spiro atoms. The second kappa shape index (κ2) is 6.06. The monoisotopic (exact) mass is 271 g/mol. The highest BCUT2D eigenvalue weighted by Crippen LogP contribution is 2.22. The van der Waals surface area contributed by atoms with E-state index in [1.807, 2.05) is 24.3 Å².